The van der Waals surface area contributed by atoms with Crippen LogP contribution >= 0.6 is 0 Å². The molecule has 0 aliphatic rings. The van der Waals surface area contributed by atoms with Crippen LogP contribution in [0.1, 0.15) is 18.3 Å². The Morgan fingerprint density at radius 3 is 2.38 bits per heavy atom. The summed E-state index contributed by atoms with van der Waals surface area (Å²) < 4.78 is 40.1. The predicted octanol–water partition coefficient (Wildman–Crippen LogP) is 3.55. The first kappa shape index (κ1) is 15.1. The molecule has 1 heterocycles. The minimum atomic E-state index is -1.26. The molecule has 21 heavy (non-hydrogen) atoms. The van der Waals surface area contributed by atoms with Gasteiger partial charge in [0.15, 0.2) is 11.6 Å². The Hall–Kier alpha value is -2.31. The lowest BCUT2D eigenvalue weighted by atomic mass is 10.2. The number of nitrogens with one attached hydrogen (secondary N) is 2. The van der Waals surface area contributed by atoms with E-state index in [-0.39, 0.29) is 5.69 Å². The quantitative estimate of drug-likeness (QED) is 0.847. The second-order valence-corrected chi connectivity index (χ2v) is 4.44. The highest BCUT2D eigenvalue weighted by Crippen LogP contribution is 2.26. The van der Waals surface area contributed by atoms with Crippen molar-refractivity contribution in [1.29, 1.82) is 0 Å². The van der Waals surface area contributed by atoms with Crippen LogP contribution in [0.15, 0.2) is 12.1 Å². The number of hydrogen-bond acceptors (Lipinski definition) is 4. The van der Waals surface area contributed by atoms with E-state index in [1.165, 1.54) is 0 Å². The summed E-state index contributed by atoms with van der Waals surface area (Å²) in [5.41, 5.74) is 0.317. The van der Waals surface area contributed by atoms with Gasteiger partial charge in [-0.25, -0.2) is 23.1 Å². The summed E-state index contributed by atoms with van der Waals surface area (Å²) in [7, 11) is 1.70. The number of aromatic nitrogens is 2. The van der Waals surface area contributed by atoms with Gasteiger partial charge in [-0.1, -0.05) is 6.92 Å². The largest absolute Gasteiger partial charge is 0.373 e. The van der Waals surface area contributed by atoms with Gasteiger partial charge in [0.05, 0.1) is 5.69 Å². The van der Waals surface area contributed by atoms with E-state index in [9.17, 15) is 13.2 Å². The number of anilines is 3. The normalized spacial score (nSPS) is 10.6. The molecule has 2 aromatic rings. The maximum absolute atomic E-state index is 13.7. The van der Waals surface area contributed by atoms with Crippen LogP contribution in [-0.4, -0.2) is 17.0 Å². The van der Waals surface area contributed by atoms with Gasteiger partial charge in [0.1, 0.15) is 23.3 Å². The minimum absolute atomic E-state index is 0.301. The number of halogens is 3. The van der Waals surface area contributed by atoms with Gasteiger partial charge in [-0.05, 0) is 6.92 Å². The number of aryl methyl sites for hydroxylation is 1. The zero-order valence-electron chi connectivity index (χ0n) is 11.9. The molecule has 0 saturated heterocycles. The van der Waals surface area contributed by atoms with Crippen LogP contribution in [0.2, 0.25) is 0 Å². The zero-order chi connectivity index (χ0) is 15.6. The Labute approximate surface area is 120 Å². The molecular formula is C14H15F3N4. The van der Waals surface area contributed by atoms with Crippen molar-refractivity contribution < 1.29 is 13.2 Å². The van der Waals surface area contributed by atoms with Gasteiger partial charge < -0.3 is 10.6 Å². The lowest BCUT2D eigenvalue weighted by Gasteiger charge is -2.14. The van der Waals surface area contributed by atoms with E-state index in [1.54, 1.807) is 14.0 Å². The van der Waals surface area contributed by atoms with Crippen molar-refractivity contribution >= 4 is 17.3 Å². The number of hydrogen-bond donors (Lipinski definition) is 2. The fourth-order valence-corrected chi connectivity index (χ4v) is 1.86. The van der Waals surface area contributed by atoms with E-state index >= 15 is 0 Å². The number of benzene rings is 1. The third kappa shape index (κ3) is 3.07. The van der Waals surface area contributed by atoms with E-state index in [0.717, 1.165) is 6.07 Å². The highest BCUT2D eigenvalue weighted by atomic mass is 19.2. The molecule has 0 aliphatic heterocycles. The van der Waals surface area contributed by atoms with Crippen LogP contribution in [0, 0.1) is 24.4 Å². The lowest BCUT2D eigenvalue weighted by molar-refractivity contribution is 0.498. The molecule has 2 rings (SSSR count). The minimum Gasteiger partial charge on any atom is -0.373 e. The average Bonchev–Trinajstić information content (AvgIpc) is 2.46. The van der Waals surface area contributed by atoms with Crippen molar-refractivity contribution in [3.05, 3.63) is 41.0 Å². The third-order valence-electron chi connectivity index (χ3n) is 2.99. The van der Waals surface area contributed by atoms with E-state index in [1.807, 2.05) is 6.92 Å². The fourth-order valence-electron chi connectivity index (χ4n) is 1.86. The predicted molar refractivity (Wildman–Crippen MR) is 75.3 cm³/mol. The molecule has 0 atom stereocenters. The van der Waals surface area contributed by atoms with Crippen molar-refractivity contribution in [2.45, 2.75) is 20.3 Å². The van der Waals surface area contributed by atoms with Gasteiger partial charge in [0.25, 0.3) is 0 Å². The molecule has 1 aromatic heterocycles. The van der Waals surface area contributed by atoms with Gasteiger partial charge in [0.2, 0.25) is 0 Å². The first-order valence-corrected chi connectivity index (χ1v) is 6.43. The molecule has 0 spiro atoms. The molecule has 0 unspecified atom stereocenters. The maximum Gasteiger partial charge on any atom is 0.182 e. The Kier molecular flexibility index (Phi) is 4.30. The van der Waals surface area contributed by atoms with E-state index in [0.29, 0.717) is 35.5 Å². The van der Waals surface area contributed by atoms with Crippen LogP contribution in [-0.2, 0) is 6.42 Å². The highest BCUT2D eigenvalue weighted by molar-refractivity contribution is 5.65. The topological polar surface area (TPSA) is 49.8 Å². The summed E-state index contributed by atoms with van der Waals surface area (Å²) in [6.45, 7) is 3.59. The van der Waals surface area contributed by atoms with Crippen LogP contribution in [0.3, 0.4) is 0 Å². The molecule has 2 N–H and O–H groups in total. The first-order chi connectivity index (χ1) is 9.96. The lowest BCUT2D eigenvalue weighted by Crippen LogP contribution is -2.08. The van der Waals surface area contributed by atoms with Crippen LogP contribution in [0.4, 0.5) is 30.5 Å². The fraction of sp³-hybridized carbons (Fsp3) is 0.286. The Balaban J connectivity index is 2.49. The number of rotatable bonds is 4. The Morgan fingerprint density at radius 1 is 1.10 bits per heavy atom. The highest BCUT2D eigenvalue weighted by Gasteiger charge is 2.15. The van der Waals surface area contributed by atoms with Crippen LogP contribution in [0.5, 0.6) is 0 Å². The summed E-state index contributed by atoms with van der Waals surface area (Å²) in [6.07, 6.45) is 0.573. The van der Waals surface area contributed by atoms with E-state index in [2.05, 4.69) is 20.6 Å². The Morgan fingerprint density at radius 2 is 1.76 bits per heavy atom. The molecule has 0 fully saturated rings. The summed E-state index contributed by atoms with van der Waals surface area (Å²) in [5, 5.41) is 5.53. The SMILES string of the molecule is CCc1nc(NC)c(C)c(Nc2cc(F)cc(F)c2F)n1. The maximum atomic E-state index is 13.7. The first-order valence-electron chi connectivity index (χ1n) is 6.43. The van der Waals surface area contributed by atoms with Gasteiger partial charge >= 0.3 is 0 Å². The second-order valence-electron chi connectivity index (χ2n) is 4.44. The Bertz CT molecular complexity index is 674. The van der Waals surface area contributed by atoms with Crippen molar-refractivity contribution in [2.24, 2.45) is 0 Å². The van der Waals surface area contributed by atoms with Gasteiger partial charge in [-0.15, -0.1) is 0 Å². The number of nitrogens with zero attached hydrogens (tertiary/aromatic N) is 2. The van der Waals surface area contributed by atoms with Crippen LogP contribution in [0.25, 0.3) is 0 Å². The summed E-state index contributed by atoms with van der Waals surface area (Å²) in [5.74, 6) is -1.87. The zero-order valence-corrected chi connectivity index (χ0v) is 11.9. The molecule has 0 radical (unpaired) electrons. The third-order valence-corrected chi connectivity index (χ3v) is 2.99. The van der Waals surface area contributed by atoms with Crippen molar-refractivity contribution in [3.63, 3.8) is 0 Å². The smallest absolute Gasteiger partial charge is 0.182 e. The molecule has 0 saturated carbocycles. The van der Waals surface area contributed by atoms with E-state index < -0.39 is 17.5 Å². The molecule has 1 aromatic carbocycles. The van der Waals surface area contributed by atoms with E-state index in [4.69, 9.17) is 0 Å². The molecule has 0 aliphatic carbocycles. The van der Waals surface area contributed by atoms with Crippen molar-refractivity contribution in [3.8, 4) is 0 Å². The van der Waals surface area contributed by atoms with Gasteiger partial charge in [-0.3, -0.25) is 0 Å². The monoisotopic (exact) mass is 296 g/mol. The van der Waals surface area contributed by atoms with Gasteiger partial charge in [-0.2, -0.15) is 0 Å². The van der Waals surface area contributed by atoms with Crippen molar-refractivity contribution in [1.82, 2.24) is 9.97 Å². The average molecular weight is 296 g/mol. The van der Waals surface area contributed by atoms with Crippen molar-refractivity contribution in [2.75, 3.05) is 17.7 Å². The molecule has 0 amide bonds. The van der Waals surface area contributed by atoms with Gasteiger partial charge in [0, 0.05) is 31.2 Å². The van der Waals surface area contributed by atoms with Crippen LogP contribution < -0.4 is 10.6 Å². The summed E-state index contributed by atoms with van der Waals surface area (Å²) in [4.78, 5) is 8.49. The summed E-state index contributed by atoms with van der Waals surface area (Å²) in [6, 6.07) is 1.37. The molecule has 112 valence electrons. The molecule has 0 bridgehead atoms. The molecule has 4 nitrogen and oxygen atoms in total. The molecule has 7 heteroatoms. The summed E-state index contributed by atoms with van der Waals surface area (Å²) >= 11 is 0. The standard InChI is InChI=1S/C14H15F3N4/c1-4-11-20-13(18-3)7(2)14(21-11)19-10-6-8(15)5-9(16)12(10)17/h5-6H,4H2,1-3H3,(H2,18,19,20,21). The molecular weight excluding hydrogens is 281 g/mol. The second kappa shape index (κ2) is 5.99.